The minimum atomic E-state index is -0.313. The monoisotopic (exact) mass is 344 g/mol. The van der Waals surface area contributed by atoms with Crippen molar-refractivity contribution in [2.45, 2.75) is 50.0 Å². The number of methoxy groups -OCH3 is 2. The normalized spacial score (nSPS) is 30.1. The molecule has 2 rings (SSSR count). The van der Waals surface area contributed by atoms with Crippen molar-refractivity contribution in [2.24, 2.45) is 0 Å². The third-order valence-electron chi connectivity index (χ3n) is 4.48. The summed E-state index contributed by atoms with van der Waals surface area (Å²) in [6, 6.07) is -0.415. The van der Waals surface area contributed by atoms with E-state index in [4.69, 9.17) is 14.2 Å². The lowest BCUT2D eigenvalue weighted by Gasteiger charge is -2.38. The highest BCUT2D eigenvalue weighted by atomic mass is 16.5. The number of ether oxygens (including phenoxy) is 4. The average Bonchev–Trinajstić information content (AvgIpc) is 3.14. The van der Waals surface area contributed by atoms with Gasteiger partial charge in [0.1, 0.15) is 6.10 Å². The molecule has 2 saturated heterocycles. The maximum absolute atomic E-state index is 12.4. The molecule has 0 aromatic rings. The van der Waals surface area contributed by atoms with Crippen LogP contribution in [0.4, 0.5) is 0 Å². The van der Waals surface area contributed by atoms with Gasteiger partial charge in [-0.05, 0) is 25.8 Å². The lowest BCUT2D eigenvalue weighted by molar-refractivity contribution is -0.144. The quantitative estimate of drug-likeness (QED) is 0.457. The van der Waals surface area contributed by atoms with Crippen molar-refractivity contribution in [3.63, 3.8) is 0 Å². The van der Waals surface area contributed by atoms with Gasteiger partial charge in [-0.15, -0.1) is 0 Å². The molecule has 0 bridgehead atoms. The molecule has 2 N–H and O–H groups in total. The third kappa shape index (κ3) is 5.41. The standard InChI is InChI=1S/C16H28N2O6/c1-21-12-5-9-24-13(10-23-8-6-14(19)22-2)15(12)18-16(20)11-4-3-7-17-11/h11-13,15,17H,3-10H2,1-2H3,(H,18,20)/t11-,12-,13-,15+/m1/s1. The Bertz CT molecular complexity index is 413. The van der Waals surface area contributed by atoms with E-state index in [2.05, 4.69) is 15.4 Å². The molecule has 1 amide bonds. The third-order valence-corrected chi connectivity index (χ3v) is 4.48. The van der Waals surface area contributed by atoms with Crippen LogP contribution in [0.1, 0.15) is 25.7 Å². The van der Waals surface area contributed by atoms with E-state index in [1.807, 2.05) is 0 Å². The first-order chi connectivity index (χ1) is 11.7. The highest BCUT2D eigenvalue weighted by Gasteiger charge is 2.37. The summed E-state index contributed by atoms with van der Waals surface area (Å²) in [6.45, 7) is 1.97. The van der Waals surface area contributed by atoms with Crippen LogP contribution in [0.5, 0.6) is 0 Å². The smallest absolute Gasteiger partial charge is 0.307 e. The molecular formula is C16H28N2O6. The minimum Gasteiger partial charge on any atom is -0.469 e. The first kappa shape index (κ1) is 19.1. The molecule has 2 aliphatic heterocycles. The zero-order valence-electron chi connectivity index (χ0n) is 14.4. The topological polar surface area (TPSA) is 95.1 Å². The number of hydrogen-bond acceptors (Lipinski definition) is 7. The summed E-state index contributed by atoms with van der Waals surface area (Å²) in [5.41, 5.74) is 0. The van der Waals surface area contributed by atoms with Gasteiger partial charge in [-0.3, -0.25) is 9.59 Å². The molecule has 0 spiro atoms. The maximum atomic E-state index is 12.4. The van der Waals surface area contributed by atoms with Gasteiger partial charge in [0.25, 0.3) is 0 Å². The van der Waals surface area contributed by atoms with Gasteiger partial charge in [-0.2, -0.15) is 0 Å². The van der Waals surface area contributed by atoms with Crippen molar-refractivity contribution in [2.75, 3.05) is 40.6 Å². The SMILES string of the molecule is COC(=O)CCOC[C@H]1OCC[C@@H](OC)[C@@H]1NC(=O)[C@H]1CCCN1. The average molecular weight is 344 g/mol. The van der Waals surface area contributed by atoms with Gasteiger partial charge < -0.3 is 29.6 Å². The van der Waals surface area contributed by atoms with E-state index in [1.165, 1.54) is 7.11 Å². The highest BCUT2D eigenvalue weighted by molar-refractivity contribution is 5.82. The molecule has 2 aliphatic rings. The Morgan fingerprint density at radius 2 is 2.12 bits per heavy atom. The molecular weight excluding hydrogens is 316 g/mol. The van der Waals surface area contributed by atoms with E-state index < -0.39 is 0 Å². The molecule has 0 aliphatic carbocycles. The molecule has 4 atom stereocenters. The highest BCUT2D eigenvalue weighted by Crippen LogP contribution is 2.19. The molecule has 0 aromatic carbocycles. The van der Waals surface area contributed by atoms with Crippen molar-refractivity contribution >= 4 is 11.9 Å². The maximum Gasteiger partial charge on any atom is 0.307 e. The van der Waals surface area contributed by atoms with Gasteiger partial charge in [0.15, 0.2) is 0 Å². The van der Waals surface area contributed by atoms with E-state index in [1.54, 1.807) is 7.11 Å². The van der Waals surface area contributed by atoms with Gasteiger partial charge in [0.05, 0.1) is 44.9 Å². The molecule has 0 unspecified atom stereocenters. The first-order valence-corrected chi connectivity index (χ1v) is 8.48. The zero-order valence-corrected chi connectivity index (χ0v) is 14.4. The fourth-order valence-electron chi connectivity index (χ4n) is 3.09. The number of nitrogens with one attached hydrogen (secondary N) is 2. The van der Waals surface area contributed by atoms with Crippen molar-refractivity contribution in [1.29, 1.82) is 0 Å². The molecule has 2 fully saturated rings. The van der Waals surface area contributed by atoms with Crippen LogP contribution in [0, 0.1) is 0 Å². The van der Waals surface area contributed by atoms with Crippen LogP contribution in [0.3, 0.4) is 0 Å². The Hall–Kier alpha value is -1.22. The second-order valence-electron chi connectivity index (χ2n) is 6.06. The summed E-state index contributed by atoms with van der Waals surface area (Å²) >= 11 is 0. The molecule has 138 valence electrons. The van der Waals surface area contributed by atoms with Crippen LogP contribution >= 0.6 is 0 Å². The molecule has 0 radical (unpaired) electrons. The van der Waals surface area contributed by atoms with Crippen LogP contribution in [-0.2, 0) is 28.5 Å². The summed E-state index contributed by atoms with van der Waals surface area (Å²) in [4.78, 5) is 23.5. The van der Waals surface area contributed by atoms with Crippen LogP contribution in [-0.4, -0.2) is 76.8 Å². The predicted molar refractivity (Wildman–Crippen MR) is 85.6 cm³/mol. The first-order valence-electron chi connectivity index (χ1n) is 8.48. The van der Waals surface area contributed by atoms with Crippen LogP contribution in [0.25, 0.3) is 0 Å². The summed E-state index contributed by atoms with van der Waals surface area (Å²) in [5.74, 6) is -0.337. The van der Waals surface area contributed by atoms with Crippen molar-refractivity contribution in [1.82, 2.24) is 10.6 Å². The van der Waals surface area contributed by atoms with E-state index >= 15 is 0 Å². The summed E-state index contributed by atoms with van der Waals surface area (Å²) in [6.07, 6.45) is 2.35. The van der Waals surface area contributed by atoms with Crippen molar-refractivity contribution in [3.8, 4) is 0 Å². The lowest BCUT2D eigenvalue weighted by atomic mass is 9.98. The molecule has 24 heavy (non-hydrogen) atoms. The summed E-state index contributed by atoms with van der Waals surface area (Å²) < 4.78 is 21.4. The fourth-order valence-corrected chi connectivity index (χ4v) is 3.09. The van der Waals surface area contributed by atoms with Gasteiger partial charge in [-0.25, -0.2) is 0 Å². The molecule has 8 heteroatoms. The van der Waals surface area contributed by atoms with Crippen molar-refractivity contribution in [3.05, 3.63) is 0 Å². The second kappa shape index (κ2) is 9.93. The number of carbonyl (C=O) groups is 2. The predicted octanol–water partition coefficient (Wildman–Crippen LogP) is -0.393. The number of carbonyl (C=O) groups excluding carboxylic acids is 2. The Morgan fingerprint density at radius 3 is 2.79 bits per heavy atom. The number of amides is 1. The molecule has 0 saturated carbocycles. The largest absolute Gasteiger partial charge is 0.469 e. The number of hydrogen-bond donors (Lipinski definition) is 2. The summed E-state index contributed by atoms with van der Waals surface area (Å²) in [7, 11) is 2.98. The van der Waals surface area contributed by atoms with E-state index in [0.29, 0.717) is 13.2 Å². The zero-order chi connectivity index (χ0) is 17.4. The fraction of sp³-hybridized carbons (Fsp3) is 0.875. The Labute approximate surface area is 142 Å². The molecule has 0 aromatic heterocycles. The minimum absolute atomic E-state index is 0.0235. The van der Waals surface area contributed by atoms with E-state index in [0.717, 1.165) is 25.8 Å². The van der Waals surface area contributed by atoms with E-state index in [-0.39, 0.29) is 49.2 Å². The Balaban J connectivity index is 1.85. The summed E-state index contributed by atoms with van der Waals surface area (Å²) in [5, 5.41) is 6.24. The Morgan fingerprint density at radius 1 is 1.29 bits per heavy atom. The number of rotatable bonds is 8. The lowest BCUT2D eigenvalue weighted by Crippen LogP contribution is -2.59. The van der Waals surface area contributed by atoms with Crippen LogP contribution in [0.2, 0.25) is 0 Å². The van der Waals surface area contributed by atoms with Gasteiger partial charge in [0, 0.05) is 13.7 Å². The molecule has 8 nitrogen and oxygen atoms in total. The van der Waals surface area contributed by atoms with Gasteiger partial charge in [0.2, 0.25) is 5.91 Å². The Kier molecular flexibility index (Phi) is 7.90. The van der Waals surface area contributed by atoms with E-state index in [9.17, 15) is 9.59 Å². The van der Waals surface area contributed by atoms with Gasteiger partial charge >= 0.3 is 5.97 Å². The van der Waals surface area contributed by atoms with Crippen LogP contribution in [0.15, 0.2) is 0 Å². The second-order valence-corrected chi connectivity index (χ2v) is 6.06. The molecule has 2 heterocycles. The van der Waals surface area contributed by atoms with Crippen molar-refractivity contribution < 1.29 is 28.5 Å². The van der Waals surface area contributed by atoms with Gasteiger partial charge in [-0.1, -0.05) is 0 Å². The number of esters is 1. The van der Waals surface area contributed by atoms with Crippen LogP contribution < -0.4 is 10.6 Å².